The van der Waals surface area contributed by atoms with Gasteiger partial charge in [0, 0.05) is 11.3 Å². The average Bonchev–Trinajstić information content (AvgIpc) is 2.55. The van der Waals surface area contributed by atoms with Gasteiger partial charge in [-0.25, -0.2) is 4.79 Å². The summed E-state index contributed by atoms with van der Waals surface area (Å²) in [4.78, 5) is 12.0. The quantitative estimate of drug-likeness (QED) is 0.459. The fraction of sp³-hybridized carbons (Fsp3) is 0.125. The van der Waals surface area contributed by atoms with Crippen LogP contribution in [0.5, 0.6) is 5.75 Å². The number of hydrogen-bond acceptors (Lipinski definition) is 4. The fourth-order valence-electron chi connectivity index (χ4n) is 1.92. The lowest BCUT2D eigenvalue weighted by Gasteiger charge is -2.11. The molecule has 0 aromatic heterocycles. The zero-order valence-corrected chi connectivity index (χ0v) is 12.3. The minimum atomic E-state index is -0.386. The summed E-state index contributed by atoms with van der Waals surface area (Å²) < 4.78 is 5.06. The Bertz CT molecular complexity index is 681. The molecule has 0 spiro atoms. The molecule has 0 aliphatic heterocycles. The van der Waals surface area contributed by atoms with E-state index in [9.17, 15) is 4.79 Å². The molecule has 2 aromatic carbocycles. The number of carbonyl (C=O) groups is 1. The number of oxime groups is 1. The maximum absolute atomic E-state index is 12.0. The number of nitrogens with zero attached hydrogens (tertiary/aromatic N) is 1. The van der Waals surface area contributed by atoms with E-state index in [0.717, 1.165) is 0 Å². The third-order valence-corrected chi connectivity index (χ3v) is 3.06. The molecular weight excluding hydrogens is 282 g/mol. The predicted octanol–water partition coefficient (Wildman–Crippen LogP) is 3.54. The van der Waals surface area contributed by atoms with Crippen LogP contribution in [-0.2, 0) is 0 Å². The van der Waals surface area contributed by atoms with Crippen molar-refractivity contribution in [1.82, 2.24) is 0 Å². The molecule has 3 N–H and O–H groups in total. The first-order valence-corrected chi connectivity index (χ1v) is 6.64. The number of anilines is 2. The molecule has 2 aromatic rings. The van der Waals surface area contributed by atoms with Crippen LogP contribution in [0.3, 0.4) is 0 Å². The molecule has 0 fully saturated rings. The van der Waals surface area contributed by atoms with E-state index in [1.54, 1.807) is 62.6 Å². The maximum Gasteiger partial charge on any atom is 0.323 e. The third-order valence-electron chi connectivity index (χ3n) is 3.06. The number of carbonyl (C=O) groups excluding carboxylic acids is 1. The summed E-state index contributed by atoms with van der Waals surface area (Å²) in [6.07, 6.45) is 0. The van der Waals surface area contributed by atoms with Crippen molar-refractivity contribution in [1.29, 1.82) is 0 Å². The number of hydrogen-bond donors (Lipinski definition) is 3. The van der Waals surface area contributed by atoms with Crippen LogP contribution >= 0.6 is 0 Å². The van der Waals surface area contributed by atoms with E-state index in [0.29, 0.717) is 28.4 Å². The number of ether oxygens (including phenoxy) is 1. The van der Waals surface area contributed by atoms with Crippen molar-refractivity contribution < 1.29 is 14.7 Å². The summed E-state index contributed by atoms with van der Waals surface area (Å²) in [5.41, 5.74) is 2.27. The summed E-state index contributed by atoms with van der Waals surface area (Å²) in [6, 6.07) is 13.7. The van der Waals surface area contributed by atoms with Crippen LogP contribution in [0.1, 0.15) is 12.5 Å². The molecule has 0 saturated carbocycles. The molecule has 114 valence electrons. The van der Waals surface area contributed by atoms with Crippen LogP contribution in [0.2, 0.25) is 0 Å². The lowest BCUT2D eigenvalue weighted by Crippen LogP contribution is -2.20. The second kappa shape index (κ2) is 7.12. The van der Waals surface area contributed by atoms with E-state index in [-0.39, 0.29) is 6.03 Å². The Morgan fingerprint density at radius 3 is 2.41 bits per heavy atom. The van der Waals surface area contributed by atoms with Crippen LogP contribution in [0.25, 0.3) is 0 Å². The number of amides is 2. The Labute approximate surface area is 128 Å². The van der Waals surface area contributed by atoms with Crippen molar-refractivity contribution in [3.8, 4) is 5.75 Å². The normalized spacial score (nSPS) is 10.9. The van der Waals surface area contributed by atoms with Gasteiger partial charge in [-0.1, -0.05) is 23.4 Å². The summed E-state index contributed by atoms with van der Waals surface area (Å²) in [7, 11) is 1.58. The van der Waals surface area contributed by atoms with Crippen LogP contribution in [-0.4, -0.2) is 24.1 Å². The lowest BCUT2D eigenvalue weighted by molar-refractivity contribution is 0.262. The molecule has 0 saturated heterocycles. The van der Waals surface area contributed by atoms with Gasteiger partial charge in [-0.3, -0.25) is 0 Å². The van der Waals surface area contributed by atoms with E-state index in [1.807, 2.05) is 0 Å². The maximum atomic E-state index is 12.0. The zero-order chi connectivity index (χ0) is 15.9. The molecule has 0 aliphatic carbocycles. The van der Waals surface area contributed by atoms with E-state index >= 15 is 0 Å². The largest absolute Gasteiger partial charge is 0.497 e. The summed E-state index contributed by atoms with van der Waals surface area (Å²) in [6.45, 7) is 1.65. The number of para-hydroxylation sites is 1. The van der Waals surface area contributed by atoms with Gasteiger partial charge in [-0.15, -0.1) is 0 Å². The Hall–Kier alpha value is -3.02. The topological polar surface area (TPSA) is 83.0 Å². The summed E-state index contributed by atoms with van der Waals surface area (Å²) >= 11 is 0. The Morgan fingerprint density at radius 2 is 1.77 bits per heavy atom. The van der Waals surface area contributed by atoms with Gasteiger partial charge in [-0.2, -0.15) is 0 Å². The molecule has 2 amide bonds. The van der Waals surface area contributed by atoms with Gasteiger partial charge in [0.15, 0.2) is 0 Å². The van der Waals surface area contributed by atoms with Crippen LogP contribution in [0.15, 0.2) is 53.7 Å². The standard InChI is InChI=1S/C16H17N3O3/c1-11(19-21)14-5-3-4-6-15(14)18-16(20)17-12-7-9-13(22-2)10-8-12/h3-10,21H,1-2H3,(H2,17,18,20)/b19-11+. The first-order valence-electron chi connectivity index (χ1n) is 6.64. The SMILES string of the molecule is COc1ccc(NC(=O)Nc2ccccc2/C(C)=N/O)cc1. The zero-order valence-electron chi connectivity index (χ0n) is 12.3. The van der Waals surface area contributed by atoms with Crippen LogP contribution in [0, 0.1) is 0 Å². The Morgan fingerprint density at radius 1 is 1.09 bits per heavy atom. The van der Waals surface area contributed by atoms with Gasteiger partial charge in [0.05, 0.1) is 18.5 Å². The summed E-state index contributed by atoms with van der Waals surface area (Å²) in [5, 5.41) is 17.5. The highest BCUT2D eigenvalue weighted by Gasteiger charge is 2.09. The first kappa shape index (κ1) is 15.4. The number of rotatable bonds is 4. The van der Waals surface area contributed by atoms with Gasteiger partial charge in [0.1, 0.15) is 5.75 Å². The minimum absolute atomic E-state index is 0.386. The van der Waals surface area contributed by atoms with Gasteiger partial charge >= 0.3 is 6.03 Å². The predicted molar refractivity (Wildman–Crippen MR) is 86.1 cm³/mol. The monoisotopic (exact) mass is 299 g/mol. The number of urea groups is 1. The molecule has 0 aliphatic rings. The smallest absolute Gasteiger partial charge is 0.323 e. The van der Waals surface area contributed by atoms with Crippen molar-refractivity contribution in [2.75, 3.05) is 17.7 Å². The number of methoxy groups -OCH3 is 1. The molecule has 0 heterocycles. The molecule has 0 radical (unpaired) electrons. The second-order valence-corrected chi connectivity index (χ2v) is 4.54. The molecule has 0 bridgehead atoms. The van der Waals surface area contributed by atoms with Gasteiger partial charge < -0.3 is 20.6 Å². The third kappa shape index (κ3) is 3.76. The molecule has 0 unspecified atom stereocenters. The average molecular weight is 299 g/mol. The fourth-order valence-corrected chi connectivity index (χ4v) is 1.92. The van der Waals surface area contributed by atoms with Crippen molar-refractivity contribution in [3.63, 3.8) is 0 Å². The second-order valence-electron chi connectivity index (χ2n) is 4.54. The van der Waals surface area contributed by atoms with E-state index in [4.69, 9.17) is 9.94 Å². The highest BCUT2D eigenvalue weighted by molar-refractivity contribution is 6.08. The van der Waals surface area contributed by atoms with Crippen molar-refractivity contribution in [3.05, 3.63) is 54.1 Å². The molecule has 6 nitrogen and oxygen atoms in total. The number of benzene rings is 2. The van der Waals surface area contributed by atoms with Gasteiger partial charge in [0.25, 0.3) is 0 Å². The van der Waals surface area contributed by atoms with Crippen molar-refractivity contribution >= 4 is 23.1 Å². The molecule has 2 rings (SSSR count). The molecule has 22 heavy (non-hydrogen) atoms. The minimum Gasteiger partial charge on any atom is -0.497 e. The van der Waals surface area contributed by atoms with Gasteiger partial charge in [-0.05, 0) is 37.3 Å². The first-order chi connectivity index (χ1) is 10.6. The van der Waals surface area contributed by atoms with Crippen molar-refractivity contribution in [2.45, 2.75) is 6.92 Å². The Balaban J connectivity index is 2.09. The highest BCUT2D eigenvalue weighted by atomic mass is 16.5. The molecule has 0 atom stereocenters. The van der Waals surface area contributed by atoms with Crippen molar-refractivity contribution in [2.24, 2.45) is 5.16 Å². The van der Waals surface area contributed by atoms with Crippen LogP contribution in [0.4, 0.5) is 16.2 Å². The molecular formula is C16H17N3O3. The van der Waals surface area contributed by atoms with E-state index in [1.165, 1.54) is 0 Å². The Kier molecular flexibility index (Phi) is 4.98. The van der Waals surface area contributed by atoms with Gasteiger partial charge in [0.2, 0.25) is 0 Å². The lowest BCUT2D eigenvalue weighted by atomic mass is 10.1. The number of nitrogens with one attached hydrogen (secondary N) is 2. The summed E-state index contributed by atoms with van der Waals surface area (Å²) in [5.74, 6) is 0.714. The highest BCUT2D eigenvalue weighted by Crippen LogP contribution is 2.18. The van der Waals surface area contributed by atoms with E-state index in [2.05, 4.69) is 15.8 Å². The van der Waals surface area contributed by atoms with E-state index < -0.39 is 0 Å². The molecule has 6 heteroatoms. The van der Waals surface area contributed by atoms with Crippen LogP contribution < -0.4 is 15.4 Å².